The smallest absolute Gasteiger partial charge is 0.160 e. The number of benzene rings is 18. The Morgan fingerprint density at radius 2 is 0.398 bits per heavy atom. The number of thiophene rings is 2. The summed E-state index contributed by atoms with van der Waals surface area (Å²) in [4.78, 5) is 31.1. The van der Waals surface area contributed by atoms with Crippen LogP contribution >= 0.6 is 22.7 Å². The zero-order valence-corrected chi connectivity index (χ0v) is 65.2. The number of aromatic nitrogens is 6. The summed E-state index contributed by atoms with van der Waals surface area (Å²) in [5, 5.41) is 22.4. The molecule has 6 aromatic heterocycles. The largest absolute Gasteiger partial charge is 0.247 e. The highest BCUT2D eigenvalue weighted by Crippen LogP contribution is 2.49. The van der Waals surface area contributed by atoms with Crippen LogP contribution in [-0.2, 0) is 0 Å². The van der Waals surface area contributed by atoms with E-state index in [9.17, 15) is 0 Å². The second-order valence-electron chi connectivity index (χ2n) is 30.2. The summed E-state index contributed by atoms with van der Waals surface area (Å²) in [6.45, 7) is 0. The molecule has 0 aliphatic heterocycles. The van der Waals surface area contributed by atoms with Crippen molar-refractivity contribution in [2.75, 3.05) is 0 Å². The van der Waals surface area contributed by atoms with Crippen LogP contribution in [-0.4, -0.2) is 29.9 Å². The first-order valence-corrected chi connectivity index (χ1v) is 41.5. The van der Waals surface area contributed by atoms with Gasteiger partial charge in [0.25, 0.3) is 0 Å². The molecule has 24 rings (SSSR count). The van der Waals surface area contributed by atoms with Crippen molar-refractivity contribution in [1.82, 2.24) is 29.9 Å². The fourth-order valence-electron chi connectivity index (χ4n) is 17.6. The molecule has 0 unspecified atom stereocenters. The Morgan fingerprint density at radius 1 is 0.153 bits per heavy atom. The number of hydrogen-bond acceptors (Lipinski definition) is 8. The van der Waals surface area contributed by atoms with Crippen molar-refractivity contribution in [1.29, 1.82) is 0 Å². The van der Waals surface area contributed by atoms with E-state index < -0.39 is 0 Å². The zero-order chi connectivity index (χ0) is 77.7. The monoisotopic (exact) mass is 1530 g/mol. The molecule has 0 saturated carbocycles. The Labute approximate surface area is 687 Å². The van der Waals surface area contributed by atoms with Crippen LogP contribution in [0.25, 0.3) is 239 Å². The highest BCUT2D eigenvalue weighted by molar-refractivity contribution is 7.27. The van der Waals surface area contributed by atoms with E-state index in [4.69, 9.17) is 29.9 Å². The van der Waals surface area contributed by atoms with Crippen molar-refractivity contribution >= 4 is 149 Å². The fraction of sp³-hybridized carbons (Fsp3) is 0. The normalized spacial score (nSPS) is 11.7. The minimum absolute atomic E-state index is 0.703. The van der Waals surface area contributed by atoms with E-state index in [1.54, 1.807) is 0 Å². The van der Waals surface area contributed by atoms with Gasteiger partial charge in [0.15, 0.2) is 11.6 Å². The molecule has 548 valence electrons. The summed E-state index contributed by atoms with van der Waals surface area (Å²) in [5.74, 6) is 1.42. The third-order valence-electron chi connectivity index (χ3n) is 23.3. The van der Waals surface area contributed by atoms with E-state index in [1.165, 1.54) is 110 Å². The lowest BCUT2D eigenvalue weighted by atomic mass is 9.92. The maximum absolute atomic E-state index is 5.49. The molecule has 8 heteroatoms. The number of fused-ring (bicyclic) bond motifs is 22. The van der Waals surface area contributed by atoms with Crippen molar-refractivity contribution < 1.29 is 0 Å². The van der Waals surface area contributed by atoms with E-state index in [0.29, 0.717) is 11.6 Å². The Balaban J connectivity index is 0.000000138. The van der Waals surface area contributed by atoms with E-state index in [1.807, 2.05) is 95.5 Å². The van der Waals surface area contributed by atoms with Gasteiger partial charge in [-0.3, -0.25) is 0 Å². The van der Waals surface area contributed by atoms with Crippen molar-refractivity contribution in [2.24, 2.45) is 0 Å². The molecule has 0 aliphatic carbocycles. The molecule has 6 nitrogen and oxygen atoms in total. The molecule has 24 aromatic rings. The standard InChI is InChI=1S/2C55H33N3S/c1-3-13-35(14-4-1)49-33-50(58-55(57-49)37-15-5-2-6-16-37)36-25-23-34(24-26-36)38-28-30-48-47(31-38)54-52(45-21-11-12-22-51(45)59-54)53(56-48)39-27-29-44-42-19-8-7-17-40(42)41-18-9-10-20-43(41)46(44)32-39;1-3-13-35(14-4-1)49-33-50(36-15-5-2-6-16-36)58-55(57-49)37-25-23-34(24-26-37)38-28-30-48-47(31-38)54-52(45-21-11-12-22-51(45)59-54)53(56-48)39-27-29-44-42-19-8-7-17-40(42)41-18-9-10-20-43(41)46(44)32-39/h2*1-33H. The summed E-state index contributed by atoms with van der Waals surface area (Å²) >= 11 is 3.71. The number of rotatable bonds is 10. The number of pyridine rings is 2. The molecule has 0 atom stereocenters. The zero-order valence-electron chi connectivity index (χ0n) is 63.6. The minimum atomic E-state index is 0.703. The number of hydrogen-bond donors (Lipinski definition) is 0. The molecular formula is C110H66N6S2. The van der Waals surface area contributed by atoms with Gasteiger partial charge in [0.05, 0.1) is 45.2 Å². The minimum Gasteiger partial charge on any atom is -0.247 e. The maximum atomic E-state index is 5.49. The third kappa shape index (κ3) is 11.9. The van der Waals surface area contributed by atoms with E-state index >= 15 is 0 Å². The topological polar surface area (TPSA) is 77.3 Å². The van der Waals surface area contributed by atoms with Gasteiger partial charge < -0.3 is 0 Å². The number of nitrogens with zero attached hydrogens (tertiary/aromatic N) is 6. The Morgan fingerprint density at radius 3 is 0.754 bits per heavy atom. The van der Waals surface area contributed by atoms with Crippen LogP contribution in [0, 0.1) is 0 Å². The van der Waals surface area contributed by atoms with Gasteiger partial charge in [0.2, 0.25) is 0 Å². The van der Waals surface area contributed by atoms with Crippen molar-refractivity contribution in [3.8, 4) is 113 Å². The molecule has 118 heavy (non-hydrogen) atoms. The predicted octanol–water partition coefficient (Wildman–Crippen LogP) is 30.4. The summed E-state index contributed by atoms with van der Waals surface area (Å²) in [6, 6.07) is 143. The Hall–Kier alpha value is -15.1. The van der Waals surface area contributed by atoms with Gasteiger partial charge >= 0.3 is 0 Å². The van der Waals surface area contributed by atoms with E-state index in [0.717, 1.165) is 117 Å². The van der Waals surface area contributed by atoms with Crippen LogP contribution < -0.4 is 0 Å². The second kappa shape index (κ2) is 28.5. The summed E-state index contributed by atoms with van der Waals surface area (Å²) < 4.78 is 5.04. The average Bonchev–Trinajstić information content (AvgIpc) is 1.33. The van der Waals surface area contributed by atoms with E-state index in [2.05, 4.69) is 328 Å². The Bertz CT molecular complexity index is 7480. The highest BCUT2D eigenvalue weighted by atomic mass is 32.1. The molecule has 0 fully saturated rings. The molecule has 0 bridgehead atoms. The first-order valence-electron chi connectivity index (χ1n) is 39.9. The SMILES string of the molecule is c1ccc(-c2cc(-c3ccc(-c4ccc5nc(-c6ccc7c8ccccc8c8ccccc8c7c6)c6c7ccccc7sc6c5c4)cc3)nc(-c3ccccc3)n2)cc1.c1ccc(-c2cc(-c3ccccc3)nc(-c3ccc(-c4ccc5nc(-c6ccc7c8ccccc8c8ccccc8c7c6)c6c7ccccc7sc6c5c4)cc3)n2)cc1. The van der Waals surface area contributed by atoms with Gasteiger partial charge in [-0.25, -0.2) is 29.9 Å². The van der Waals surface area contributed by atoms with Crippen molar-refractivity contribution in [3.63, 3.8) is 0 Å². The lowest BCUT2D eigenvalue weighted by molar-refractivity contribution is 1.18. The molecule has 18 aromatic carbocycles. The molecule has 0 N–H and O–H groups in total. The molecule has 6 heterocycles. The van der Waals surface area contributed by atoms with Crippen LogP contribution in [0.4, 0.5) is 0 Å². The molecule has 0 aliphatic rings. The van der Waals surface area contributed by atoms with Gasteiger partial charge in [0.1, 0.15) is 0 Å². The van der Waals surface area contributed by atoms with Gasteiger partial charge in [-0.2, -0.15) is 0 Å². The summed E-state index contributed by atoms with van der Waals surface area (Å²) in [6.07, 6.45) is 0. The molecular weight excluding hydrogens is 1470 g/mol. The van der Waals surface area contributed by atoms with Gasteiger partial charge in [-0.05, 0) is 148 Å². The van der Waals surface area contributed by atoms with Crippen LogP contribution in [0.3, 0.4) is 0 Å². The molecule has 0 spiro atoms. The van der Waals surface area contributed by atoms with Crippen LogP contribution in [0.1, 0.15) is 0 Å². The maximum Gasteiger partial charge on any atom is 0.160 e. The first-order chi connectivity index (χ1) is 58.5. The quantitative estimate of drug-likeness (QED) is 0.127. The third-order valence-corrected chi connectivity index (χ3v) is 25.7. The van der Waals surface area contributed by atoms with E-state index in [-0.39, 0.29) is 0 Å². The van der Waals surface area contributed by atoms with Crippen LogP contribution in [0.15, 0.2) is 400 Å². The lowest BCUT2D eigenvalue weighted by Gasteiger charge is -2.13. The second-order valence-corrected chi connectivity index (χ2v) is 32.3. The summed E-state index contributed by atoms with van der Waals surface area (Å²) in [5.41, 5.74) is 20.6. The van der Waals surface area contributed by atoms with Crippen LogP contribution in [0.5, 0.6) is 0 Å². The first kappa shape index (κ1) is 68.5. The van der Waals surface area contributed by atoms with Gasteiger partial charge in [0, 0.05) is 95.6 Å². The highest BCUT2D eigenvalue weighted by Gasteiger charge is 2.23. The van der Waals surface area contributed by atoms with Gasteiger partial charge in [-0.1, -0.05) is 340 Å². The lowest BCUT2D eigenvalue weighted by Crippen LogP contribution is -1.96. The van der Waals surface area contributed by atoms with Crippen molar-refractivity contribution in [3.05, 3.63) is 400 Å². The fourth-order valence-corrected chi connectivity index (χ4v) is 20.1. The van der Waals surface area contributed by atoms with Crippen LogP contribution in [0.2, 0.25) is 0 Å². The molecule has 0 radical (unpaired) electrons. The molecule has 0 saturated heterocycles. The Kier molecular flexibility index (Phi) is 16.5. The molecule has 0 amide bonds. The predicted molar refractivity (Wildman–Crippen MR) is 500 cm³/mol. The average molecular weight is 1540 g/mol. The van der Waals surface area contributed by atoms with Gasteiger partial charge in [-0.15, -0.1) is 22.7 Å². The summed E-state index contributed by atoms with van der Waals surface area (Å²) in [7, 11) is 0. The van der Waals surface area contributed by atoms with Crippen molar-refractivity contribution in [2.45, 2.75) is 0 Å².